The highest BCUT2D eigenvalue weighted by molar-refractivity contribution is 5.67. The van der Waals surface area contributed by atoms with Crippen LogP contribution in [0.3, 0.4) is 0 Å². The Bertz CT molecular complexity index is 434. The molecule has 2 heterocycles. The number of aromatic amines is 1. The zero-order chi connectivity index (χ0) is 10.7. The van der Waals surface area contributed by atoms with Gasteiger partial charge in [0.05, 0.1) is 18.4 Å². The van der Waals surface area contributed by atoms with Crippen LogP contribution >= 0.6 is 0 Å². The molecule has 7 nitrogen and oxygen atoms in total. The van der Waals surface area contributed by atoms with Crippen molar-refractivity contribution in [2.45, 2.75) is 6.54 Å². The Labute approximate surface area is 86.3 Å². The number of hydrogen-bond donors (Lipinski definition) is 2. The third-order valence-corrected chi connectivity index (χ3v) is 2.06. The minimum absolute atomic E-state index is 0.488. The first-order valence-electron chi connectivity index (χ1n) is 4.49. The van der Waals surface area contributed by atoms with Crippen LogP contribution in [0.2, 0.25) is 0 Å². The average molecular weight is 208 g/mol. The Morgan fingerprint density at radius 3 is 3.13 bits per heavy atom. The number of nitrogen functional groups attached to an aromatic ring is 1. The van der Waals surface area contributed by atoms with Crippen molar-refractivity contribution in [1.82, 2.24) is 25.0 Å². The quantitative estimate of drug-likeness (QED) is 0.731. The van der Waals surface area contributed by atoms with Crippen molar-refractivity contribution in [3.8, 4) is 11.4 Å². The van der Waals surface area contributed by atoms with Gasteiger partial charge in [-0.15, -0.1) is 10.2 Å². The smallest absolute Gasteiger partial charge is 0.169 e. The normalized spacial score (nSPS) is 10.7. The number of rotatable bonds is 4. The van der Waals surface area contributed by atoms with Crippen LogP contribution in [0.5, 0.6) is 0 Å². The highest BCUT2D eigenvalue weighted by Gasteiger charge is 2.11. The highest BCUT2D eigenvalue weighted by atomic mass is 16.5. The number of nitrogens with one attached hydrogen (secondary N) is 1. The zero-order valence-electron chi connectivity index (χ0n) is 8.34. The molecule has 0 aliphatic carbocycles. The molecule has 80 valence electrons. The van der Waals surface area contributed by atoms with Gasteiger partial charge in [-0.1, -0.05) is 0 Å². The predicted molar refractivity (Wildman–Crippen MR) is 53.9 cm³/mol. The van der Waals surface area contributed by atoms with Gasteiger partial charge in [-0.3, -0.25) is 5.10 Å². The molecule has 2 aromatic heterocycles. The van der Waals surface area contributed by atoms with E-state index < -0.39 is 0 Å². The summed E-state index contributed by atoms with van der Waals surface area (Å²) in [4.78, 5) is 0. The fraction of sp³-hybridized carbons (Fsp3) is 0.375. The topological polar surface area (TPSA) is 94.6 Å². The van der Waals surface area contributed by atoms with E-state index in [0.29, 0.717) is 24.8 Å². The van der Waals surface area contributed by atoms with Crippen LogP contribution in [0.1, 0.15) is 0 Å². The number of methoxy groups -OCH3 is 1. The predicted octanol–water partition coefficient (Wildman–Crippen LogP) is -0.103. The molecule has 0 bridgehead atoms. The Kier molecular flexibility index (Phi) is 2.64. The average Bonchev–Trinajstić information content (AvgIpc) is 2.82. The summed E-state index contributed by atoms with van der Waals surface area (Å²) >= 11 is 0. The van der Waals surface area contributed by atoms with Crippen LogP contribution in [-0.2, 0) is 11.3 Å². The van der Waals surface area contributed by atoms with Gasteiger partial charge < -0.3 is 15.0 Å². The van der Waals surface area contributed by atoms with Gasteiger partial charge in [-0.05, 0) is 0 Å². The van der Waals surface area contributed by atoms with Gasteiger partial charge in [0.1, 0.15) is 12.1 Å². The molecule has 0 aliphatic rings. The first-order chi connectivity index (χ1) is 7.33. The number of nitrogens with two attached hydrogens (primary N) is 1. The summed E-state index contributed by atoms with van der Waals surface area (Å²) in [7, 11) is 1.65. The maximum atomic E-state index is 5.70. The second kappa shape index (κ2) is 4.09. The number of H-pyrrole nitrogens is 1. The lowest BCUT2D eigenvalue weighted by molar-refractivity contribution is 0.187. The molecule has 3 N–H and O–H groups in total. The van der Waals surface area contributed by atoms with Crippen LogP contribution in [0.4, 0.5) is 5.82 Å². The van der Waals surface area contributed by atoms with E-state index in [9.17, 15) is 0 Å². The molecule has 0 saturated carbocycles. The Morgan fingerprint density at radius 1 is 1.60 bits per heavy atom. The first kappa shape index (κ1) is 9.66. The van der Waals surface area contributed by atoms with Crippen molar-refractivity contribution in [3.63, 3.8) is 0 Å². The monoisotopic (exact) mass is 208 g/mol. The van der Waals surface area contributed by atoms with E-state index in [1.54, 1.807) is 19.6 Å². The van der Waals surface area contributed by atoms with Gasteiger partial charge in [-0.25, -0.2) is 0 Å². The maximum Gasteiger partial charge on any atom is 0.169 e. The molecule has 0 atom stereocenters. The summed E-state index contributed by atoms with van der Waals surface area (Å²) in [5.41, 5.74) is 6.45. The van der Waals surface area contributed by atoms with Crippen molar-refractivity contribution in [2.75, 3.05) is 19.5 Å². The fourth-order valence-electron chi connectivity index (χ4n) is 1.29. The molecule has 2 rings (SSSR count). The third kappa shape index (κ3) is 1.82. The van der Waals surface area contributed by atoms with Crippen molar-refractivity contribution in [1.29, 1.82) is 0 Å². The minimum atomic E-state index is 0.488. The van der Waals surface area contributed by atoms with E-state index in [1.165, 1.54) is 0 Å². The van der Waals surface area contributed by atoms with Gasteiger partial charge >= 0.3 is 0 Å². The molecule has 0 radical (unpaired) electrons. The molecular weight excluding hydrogens is 196 g/mol. The van der Waals surface area contributed by atoms with Crippen LogP contribution in [0.25, 0.3) is 11.4 Å². The Morgan fingerprint density at radius 2 is 2.47 bits per heavy atom. The van der Waals surface area contributed by atoms with E-state index in [0.717, 1.165) is 5.56 Å². The van der Waals surface area contributed by atoms with Crippen molar-refractivity contribution < 1.29 is 4.74 Å². The zero-order valence-corrected chi connectivity index (χ0v) is 8.34. The highest BCUT2D eigenvalue weighted by Crippen LogP contribution is 2.20. The van der Waals surface area contributed by atoms with Gasteiger partial charge in [0.2, 0.25) is 0 Å². The number of nitrogens with zero attached hydrogens (tertiary/aromatic N) is 4. The van der Waals surface area contributed by atoms with Crippen molar-refractivity contribution >= 4 is 5.82 Å². The summed E-state index contributed by atoms with van der Waals surface area (Å²) in [6.45, 7) is 1.28. The lowest BCUT2D eigenvalue weighted by Gasteiger charge is -2.04. The standard InChI is InChI=1S/C8H12N6O/c1-15-3-2-14-5-11-13-8(14)6-4-10-12-7(6)9/h4-5H,2-3H2,1H3,(H3,9,10,12). The Hall–Kier alpha value is -1.89. The second-order valence-electron chi connectivity index (χ2n) is 3.04. The van der Waals surface area contributed by atoms with Crippen LogP contribution in [0, 0.1) is 0 Å². The van der Waals surface area contributed by atoms with E-state index >= 15 is 0 Å². The van der Waals surface area contributed by atoms with E-state index in [4.69, 9.17) is 10.5 Å². The summed E-state index contributed by atoms with van der Waals surface area (Å²) in [6.07, 6.45) is 3.27. The molecule has 0 saturated heterocycles. The summed E-state index contributed by atoms with van der Waals surface area (Å²) in [5, 5.41) is 14.3. The summed E-state index contributed by atoms with van der Waals surface area (Å²) in [6, 6.07) is 0. The molecule has 0 spiro atoms. The maximum absolute atomic E-state index is 5.70. The molecule has 15 heavy (non-hydrogen) atoms. The van der Waals surface area contributed by atoms with Crippen LogP contribution in [0.15, 0.2) is 12.5 Å². The number of aromatic nitrogens is 5. The van der Waals surface area contributed by atoms with E-state index in [2.05, 4.69) is 20.4 Å². The number of ether oxygens (including phenoxy) is 1. The minimum Gasteiger partial charge on any atom is -0.383 e. The molecule has 0 fully saturated rings. The van der Waals surface area contributed by atoms with Gasteiger partial charge in [0.15, 0.2) is 5.82 Å². The molecule has 0 amide bonds. The van der Waals surface area contributed by atoms with E-state index in [1.807, 2.05) is 4.57 Å². The molecule has 7 heteroatoms. The number of anilines is 1. The lowest BCUT2D eigenvalue weighted by atomic mass is 10.3. The summed E-state index contributed by atoms with van der Waals surface area (Å²) < 4.78 is 6.85. The van der Waals surface area contributed by atoms with Gasteiger partial charge in [0, 0.05) is 13.7 Å². The first-order valence-corrected chi connectivity index (χ1v) is 4.49. The molecule has 0 aromatic carbocycles. The lowest BCUT2D eigenvalue weighted by Crippen LogP contribution is -2.05. The van der Waals surface area contributed by atoms with E-state index in [-0.39, 0.29) is 0 Å². The number of hydrogen-bond acceptors (Lipinski definition) is 5. The molecule has 2 aromatic rings. The largest absolute Gasteiger partial charge is 0.383 e. The molecule has 0 aliphatic heterocycles. The Balaban J connectivity index is 2.29. The van der Waals surface area contributed by atoms with Crippen molar-refractivity contribution in [3.05, 3.63) is 12.5 Å². The fourth-order valence-corrected chi connectivity index (χ4v) is 1.29. The molecular formula is C8H12N6O. The van der Waals surface area contributed by atoms with Crippen molar-refractivity contribution in [2.24, 2.45) is 0 Å². The SMILES string of the molecule is COCCn1cnnc1-c1cn[nH]c1N. The van der Waals surface area contributed by atoms with Gasteiger partial charge in [0.25, 0.3) is 0 Å². The molecule has 0 unspecified atom stereocenters. The third-order valence-electron chi connectivity index (χ3n) is 2.06. The van der Waals surface area contributed by atoms with Crippen LogP contribution < -0.4 is 5.73 Å². The second-order valence-corrected chi connectivity index (χ2v) is 3.04. The van der Waals surface area contributed by atoms with Crippen LogP contribution in [-0.4, -0.2) is 38.7 Å². The summed E-state index contributed by atoms with van der Waals surface area (Å²) in [5.74, 6) is 1.18. The van der Waals surface area contributed by atoms with Gasteiger partial charge in [-0.2, -0.15) is 5.10 Å².